The lowest BCUT2D eigenvalue weighted by Crippen LogP contribution is -2.36. The van der Waals surface area contributed by atoms with Crippen molar-refractivity contribution in [1.29, 1.82) is 0 Å². The van der Waals surface area contributed by atoms with Gasteiger partial charge in [-0.25, -0.2) is 9.48 Å². The van der Waals surface area contributed by atoms with Gasteiger partial charge in [0.15, 0.2) is 5.82 Å². The molecule has 1 fully saturated rings. The molecule has 2 heterocycles. The number of nitrogens with one attached hydrogen (secondary N) is 1. The van der Waals surface area contributed by atoms with E-state index in [-0.39, 0.29) is 30.2 Å². The molecule has 0 atom stereocenters. The Morgan fingerprint density at radius 2 is 2.23 bits per heavy atom. The van der Waals surface area contributed by atoms with Crippen molar-refractivity contribution in [3.63, 3.8) is 0 Å². The van der Waals surface area contributed by atoms with Crippen LogP contribution in [0.15, 0.2) is 29.3 Å². The first-order chi connectivity index (χ1) is 10.6. The highest BCUT2D eigenvalue weighted by Gasteiger charge is 2.30. The van der Waals surface area contributed by atoms with E-state index in [1.807, 2.05) is 26.0 Å². The molecule has 0 aliphatic heterocycles. The predicted molar refractivity (Wildman–Crippen MR) is 81.3 cm³/mol. The summed E-state index contributed by atoms with van der Waals surface area (Å²) in [5.41, 5.74) is 0.551. The zero-order chi connectivity index (χ0) is 15.7. The third-order valence-corrected chi connectivity index (χ3v) is 3.45. The Hall–Kier alpha value is -2.44. The summed E-state index contributed by atoms with van der Waals surface area (Å²) in [7, 11) is 0. The molecule has 1 N–H and O–H groups in total. The second-order valence-electron chi connectivity index (χ2n) is 5.83. The van der Waals surface area contributed by atoms with Gasteiger partial charge in [-0.1, -0.05) is 0 Å². The number of hydrogen-bond acceptors (Lipinski definition) is 4. The molecule has 1 amide bonds. The summed E-state index contributed by atoms with van der Waals surface area (Å²) in [4.78, 5) is 28.5. The Kier molecular flexibility index (Phi) is 3.79. The number of rotatable bonds is 5. The molecule has 1 aliphatic rings. The maximum atomic E-state index is 12.5. The van der Waals surface area contributed by atoms with Crippen LogP contribution in [-0.4, -0.2) is 31.3 Å². The lowest BCUT2D eigenvalue weighted by Gasteiger charge is -2.07. The molecule has 7 heteroatoms. The highest BCUT2D eigenvalue weighted by Crippen LogP contribution is 2.36. The second kappa shape index (κ2) is 5.75. The lowest BCUT2D eigenvalue weighted by molar-refractivity contribution is -0.122. The molecule has 0 saturated heterocycles. The van der Waals surface area contributed by atoms with Crippen molar-refractivity contribution in [3.8, 4) is 11.4 Å². The first kappa shape index (κ1) is 14.5. The summed E-state index contributed by atoms with van der Waals surface area (Å²) in [5.74, 6) is 0.369. The van der Waals surface area contributed by atoms with Crippen LogP contribution in [0.4, 0.5) is 0 Å². The van der Waals surface area contributed by atoms with Gasteiger partial charge in [0.25, 0.3) is 0 Å². The number of hydrogen-bond donors (Lipinski definition) is 1. The number of carbonyl (C=O) groups is 1. The molecular formula is C15H19N5O2. The topological polar surface area (TPSA) is 81.8 Å². The van der Waals surface area contributed by atoms with Gasteiger partial charge in [-0.3, -0.25) is 14.3 Å². The molecule has 0 bridgehead atoms. The van der Waals surface area contributed by atoms with Crippen LogP contribution >= 0.6 is 0 Å². The molecule has 22 heavy (non-hydrogen) atoms. The van der Waals surface area contributed by atoms with E-state index in [1.54, 1.807) is 17.0 Å². The molecule has 2 aromatic rings. The normalized spacial score (nSPS) is 14.3. The fraction of sp³-hybridized carbons (Fsp3) is 0.467. The van der Waals surface area contributed by atoms with Gasteiger partial charge in [0.05, 0.1) is 0 Å². The van der Waals surface area contributed by atoms with Crippen molar-refractivity contribution in [2.24, 2.45) is 0 Å². The van der Waals surface area contributed by atoms with E-state index >= 15 is 0 Å². The number of amides is 1. The van der Waals surface area contributed by atoms with Crippen LogP contribution < -0.4 is 11.0 Å². The standard InChI is InChI=1S/C15H19N5O2/c1-10(2)17-13(21)9-19-15(22)20(12-5-6-12)14(18-19)11-4-3-7-16-8-11/h3-4,7-8,10,12H,5-6,9H2,1-2H3,(H,17,21). The summed E-state index contributed by atoms with van der Waals surface area (Å²) >= 11 is 0. The van der Waals surface area contributed by atoms with E-state index in [1.165, 1.54) is 4.68 Å². The van der Waals surface area contributed by atoms with Crippen LogP contribution in [0.2, 0.25) is 0 Å². The highest BCUT2D eigenvalue weighted by molar-refractivity contribution is 5.75. The van der Waals surface area contributed by atoms with E-state index < -0.39 is 0 Å². The smallest absolute Gasteiger partial charge is 0.346 e. The van der Waals surface area contributed by atoms with Gasteiger partial charge in [-0.05, 0) is 38.8 Å². The van der Waals surface area contributed by atoms with Gasteiger partial charge in [-0.2, -0.15) is 0 Å². The Bertz CT molecular complexity index is 728. The van der Waals surface area contributed by atoms with Crippen molar-refractivity contribution in [3.05, 3.63) is 35.0 Å². The number of aromatic nitrogens is 4. The minimum atomic E-state index is -0.236. The minimum absolute atomic E-state index is 0.0338. The van der Waals surface area contributed by atoms with Gasteiger partial charge in [0.2, 0.25) is 5.91 Å². The van der Waals surface area contributed by atoms with Gasteiger partial charge < -0.3 is 5.32 Å². The molecule has 0 aromatic carbocycles. The summed E-state index contributed by atoms with van der Waals surface area (Å²) in [6, 6.07) is 3.89. The van der Waals surface area contributed by atoms with Crippen LogP contribution in [0.1, 0.15) is 32.7 Å². The van der Waals surface area contributed by atoms with Gasteiger partial charge in [0.1, 0.15) is 6.54 Å². The van der Waals surface area contributed by atoms with Crippen LogP contribution in [0.5, 0.6) is 0 Å². The minimum Gasteiger partial charge on any atom is -0.352 e. The van der Waals surface area contributed by atoms with Crippen LogP contribution in [-0.2, 0) is 11.3 Å². The van der Waals surface area contributed by atoms with E-state index in [4.69, 9.17) is 0 Å². The maximum Gasteiger partial charge on any atom is 0.346 e. The molecule has 0 unspecified atom stereocenters. The molecular weight excluding hydrogens is 282 g/mol. The lowest BCUT2D eigenvalue weighted by atomic mass is 10.3. The summed E-state index contributed by atoms with van der Waals surface area (Å²) in [6.45, 7) is 3.69. The van der Waals surface area contributed by atoms with Crippen molar-refractivity contribution in [1.82, 2.24) is 24.6 Å². The van der Waals surface area contributed by atoms with Crippen LogP contribution in [0, 0.1) is 0 Å². The van der Waals surface area contributed by atoms with Crippen molar-refractivity contribution in [2.45, 2.75) is 45.3 Å². The molecule has 1 aliphatic carbocycles. The quantitative estimate of drug-likeness (QED) is 0.892. The van der Waals surface area contributed by atoms with Gasteiger partial charge >= 0.3 is 5.69 Å². The van der Waals surface area contributed by atoms with Crippen molar-refractivity contribution in [2.75, 3.05) is 0 Å². The fourth-order valence-corrected chi connectivity index (χ4v) is 2.38. The third-order valence-electron chi connectivity index (χ3n) is 3.45. The predicted octanol–water partition coefficient (Wildman–Crippen LogP) is 0.966. The average molecular weight is 301 g/mol. The maximum absolute atomic E-state index is 12.5. The molecule has 116 valence electrons. The monoisotopic (exact) mass is 301 g/mol. The van der Waals surface area contributed by atoms with E-state index in [9.17, 15) is 9.59 Å². The second-order valence-corrected chi connectivity index (χ2v) is 5.83. The zero-order valence-corrected chi connectivity index (χ0v) is 12.7. The Morgan fingerprint density at radius 1 is 1.45 bits per heavy atom. The molecule has 0 spiro atoms. The SMILES string of the molecule is CC(C)NC(=O)Cn1nc(-c2cccnc2)n(C2CC2)c1=O. The number of nitrogens with zero attached hydrogens (tertiary/aromatic N) is 4. The first-order valence-electron chi connectivity index (χ1n) is 7.45. The largest absolute Gasteiger partial charge is 0.352 e. The first-order valence-corrected chi connectivity index (χ1v) is 7.45. The Balaban J connectivity index is 1.96. The van der Waals surface area contributed by atoms with Crippen molar-refractivity contribution < 1.29 is 4.79 Å². The number of pyridine rings is 1. The fourth-order valence-electron chi connectivity index (χ4n) is 2.38. The third kappa shape index (κ3) is 2.93. The van der Waals surface area contributed by atoms with Gasteiger partial charge in [-0.15, -0.1) is 5.10 Å². The Morgan fingerprint density at radius 3 is 2.82 bits per heavy atom. The van der Waals surface area contributed by atoms with E-state index in [0.29, 0.717) is 5.82 Å². The van der Waals surface area contributed by atoms with Crippen molar-refractivity contribution >= 4 is 5.91 Å². The van der Waals surface area contributed by atoms with E-state index in [2.05, 4.69) is 15.4 Å². The summed E-state index contributed by atoms with van der Waals surface area (Å²) < 4.78 is 2.91. The Labute approximate surface area is 128 Å². The van der Waals surface area contributed by atoms with Crippen LogP contribution in [0.3, 0.4) is 0 Å². The summed E-state index contributed by atoms with van der Waals surface area (Å²) in [6.07, 6.45) is 5.30. The number of carbonyl (C=O) groups excluding carboxylic acids is 1. The molecule has 7 nitrogen and oxygen atoms in total. The van der Waals surface area contributed by atoms with Gasteiger partial charge in [0, 0.05) is 30.0 Å². The van der Waals surface area contributed by atoms with Crippen LogP contribution in [0.25, 0.3) is 11.4 Å². The summed E-state index contributed by atoms with van der Waals surface area (Å²) in [5, 5.41) is 7.13. The van der Waals surface area contributed by atoms with E-state index in [0.717, 1.165) is 18.4 Å². The molecule has 0 radical (unpaired) electrons. The highest BCUT2D eigenvalue weighted by atomic mass is 16.2. The molecule has 1 saturated carbocycles. The molecule has 3 rings (SSSR count). The zero-order valence-electron chi connectivity index (χ0n) is 12.7. The molecule has 2 aromatic heterocycles. The average Bonchev–Trinajstić information content (AvgIpc) is 3.25.